The Kier molecular flexibility index (Phi) is 6.95. The maximum Gasteiger partial charge on any atom is 0.417 e. The molecule has 2 saturated carbocycles. The van der Waals surface area contributed by atoms with Gasteiger partial charge in [0.15, 0.2) is 0 Å². The number of hydrogen-bond donors (Lipinski definition) is 2. The van der Waals surface area contributed by atoms with Crippen LogP contribution in [0.3, 0.4) is 0 Å². The van der Waals surface area contributed by atoms with Crippen LogP contribution in [0.2, 0.25) is 0 Å². The molecule has 0 spiro atoms. The molecule has 1 aliphatic heterocycles. The number of carbonyl (C=O) groups excluding carboxylic acids is 1. The van der Waals surface area contributed by atoms with Crippen molar-refractivity contribution in [3.05, 3.63) is 29.1 Å². The van der Waals surface area contributed by atoms with Crippen molar-refractivity contribution in [2.75, 3.05) is 6.54 Å². The van der Waals surface area contributed by atoms with E-state index in [1.807, 2.05) is 13.8 Å². The molecule has 1 amide bonds. The van der Waals surface area contributed by atoms with Gasteiger partial charge in [-0.25, -0.2) is 0 Å². The SMILES string of the molecule is CC(C)[C@]1(C(=O)N2CCc3ncc(C(F)(F)F)cc3C2)CC[C@@H](NC2CCCC(C(=O)O)C2)C1. The molecule has 2 unspecified atom stereocenters. The lowest BCUT2D eigenvalue weighted by Gasteiger charge is -2.40. The predicted octanol–water partition coefficient (Wildman–Crippen LogP) is 4.41. The Balaban J connectivity index is 1.45. The second-order valence-electron chi connectivity index (χ2n) is 10.6. The lowest BCUT2D eigenvalue weighted by atomic mass is 9.73. The monoisotopic (exact) mass is 481 g/mol. The van der Waals surface area contributed by atoms with Gasteiger partial charge in [-0.05, 0) is 56.1 Å². The summed E-state index contributed by atoms with van der Waals surface area (Å²) in [5, 5.41) is 13.0. The van der Waals surface area contributed by atoms with E-state index in [1.54, 1.807) is 4.90 Å². The van der Waals surface area contributed by atoms with E-state index in [-0.39, 0.29) is 36.4 Å². The molecule has 6 nitrogen and oxygen atoms in total. The number of carboxylic acid groups (broad SMARTS) is 1. The number of pyridine rings is 1. The molecule has 0 aromatic carbocycles. The normalized spacial score (nSPS) is 29.8. The molecule has 0 radical (unpaired) electrons. The summed E-state index contributed by atoms with van der Waals surface area (Å²) < 4.78 is 39.5. The minimum absolute atomic E-state index is 0.0157. The van der Waals surface area contributed by atoms with E-state index in [1.165, 1.54) is 0 Å². The summed E-state index contributed by atoms with van der Waals surface area (Å²) in [6.07, 6.45) is 2.26. The van der Waals surface area contributed by atoms with Crippen LogP contribution in [0.5, 0.6) is 0 Å². The lowest BCUT2D eigenvalue weighted by Crippen LogP contribution is -2.49. The first-order valence-corrected chi connectivity index (χ1v) is 12.3. The highest BCUT2D eigenvalue weighted by Gasteiger charge is 2.50. The molecule has 9 heteroatoms. The number of halogens is 3. The standard InChI is InChI=1S/C25H34F3N3O3/c1-15(2)24(8-6-20(12-24)30-19-5-3-4-16(11-19)22(32)33)23(34)31-9-7-21-17(14-31)10-18(13-29-21)25(26,27)28/h10,13,15-16,19-20,30H,3-9,11-12,14H2,1-2H3,(H,32,33)/t16?,19?,20-,24+/m1/s1. The number of nitrogens with zero attached hydrogens (tertiary/aromatic N) is 2. The number of fused-ring (bicyclic) bond motifs is 1. The molecule has 0 saturated heterocycles. The van der Waals surface area contributed by atoms with Crippen LogP contribution in [0.15, 0.2) is 12.3 Å². The quantitative estimate of drug-likeness (QED) is 0.651. The van der Waals surface area contributed by atoms with Gasteiger partial charge in [0.25, 0.3) is 0 Å². The molecule has 2 N–H and O–H groups in total. The fraction of sp³-hybridized carbons (Fsp3) is 0.720. The van der Waals surface area contributed by atoms with Crippen molar-refractivity contribution < 1.29 is 27.9 Å². The Morgan fingerprint density at radius 1 is 1.24 bits per heavy atom. The second kappa shape index (κ2) is 9.47. The van der Waals surface area contributed by atoms with Crippen LogP contribution in [-0.4, -0.2) is 45.5 Å². The highest BCUT2D eigenvalue weighted by atomic mass is 19.4. The first-order valence-electron chi connectivity index (χ1n) is 12.3. The molecule has 34 heavy (non-hydrogen) atoms. The van der Waals surface area contributed by atoms with Gasteiger partial charge in [0.05, 0.1) is 16.9 Å². The van der Waals surface area contributed by atoms with Crippen LogP contribution in [0, 0.1) is 17.3 Å². The van der Waals surface area contributed by atoms with Crippen molar-refractivity contribution >= 4 is 11.9 Å². The maximum absolute atomic E-state index is 13.8. The maximum atomic E-state index is 13.8. The Morgan fingerprint density at radius 2 is 2.00 bits per heavy atom. The third-order valence-electron chi connectivity index (χ3n) is 8.23. The second-order valence-corrected chi connectivity index (χ2v) is 10.6. The molecule has 188 valence electrons. The predicted molar refractivity (Wildman–Crippen MR) is 120 cm³/mol. The van der Waals surface area contributed by atoms with Gasteiger partial charge in [0.1, 0.15) is 0 Å². The third-order valence-corrected chi connectivity index (χ3v) is 8.23. The Hall–Kier alpha value is -2.16. The van der Waals surface area contributed by atoms with Gasteiger partial charge in [0, 0.05) is 43.5 Å². The van der Waals surface area contributed by atoms with E-state index in [2.05, 4.69) is 10.3 Å². The number of rotatable bonds is 5. The number of alkyl halides is 3. The number of hydrogen-bond acceptors (Lipinski definition) is 4. The highest BCUT2D eigenvalue weighted by molar-refractivity contribution is 5.83. The highest BCUT2D eigenvalue weighted by Crippen LogP contribution is 2.47. The summed E-state index contributed by atoms with van der Waals surface area (Å²) in [7, 11) is 0. The van der Waals surface area contributed by atoms with Crippen molar-refractivity contribution in [2.24, 2.45) is 17.3 Å². The fourth-order valence-corrected chi connectivity index (χ4v) is 6.15. The Labute approximate surface area is 198 Å². The van der Waals surface area contributed by atoms with Crippen LogP contribution in [0.25, 0.3) is 0 Å². The Bertz CT molecular complexity index is 936. The van der Waals surface area contributed by atoms with Gasteiger partial charge in [-0.15, -0.1) is 0 Å². The lowest BCUT2D eigenvalue weighted by molar-refractivity contribution is -0.146. The average molecular weight is 482 g/mol. The molecule has 2 heterocycles. The van der Waals surface area contributed by atoms with Gasteiger partial charge < -0.3 is 15.3 Å². The van der Waals surface area contributed by atoms with Crippen molar-refractivity contribution in [1.29, 1.82) is 0 Å². The van der Waals surface area contributed by atoms with Crippen LogP contribution in [0.1, 0.15) is 75.6 Å². The van der Waals surface area contributed by atoms with Gasteiger partial charge >= 0.3 is 12.1 Å². The number of amides is 1. The Morgan fingerprint density at radius 3 is 2.68 bits per heavy atom. The number of carbonyl (C=O) groups is 2. The number of carboxylic acids is 1. The fourth-order valence-electron chi connectivity index (χ4n) is 6.15. The molecule has 0 bridgehead atoms. The molecule has 1 aromatic heterocycles. The zero-order valence-corrected chi connectivity index (χ0v) is 19.8. The number of nitrogens with one attached hydrogen (secondary N) is 1. The van der Waals surface area contributed by atoms with E-state index in [9.17, 15) is 27.9 Å². The third kappa shape index (κ3) is 4.95. The van der Waals surface area contributed by atoms with Crippen molar-refractivity contribution in [3.8, 4) is 0 Å². The zero-order valence-electron chi connectivity index (χ0n) is 19.8. The number of aromatic nitrogens is 1. The van der Waals surface area contributed by atoms with Gasteiger partial charge in [-0.3, -0.25) is 14.6 Å². The molecule has 2 fully saturated rings. The molecular weight excluding hydrogens is 447 g/mol. The van der Waals surface area contributed by atoms with Gasteiger partial charge in [-0.2, -0.15) is 13.2 Å². The topological polar surface area (TPSA) is 82.5 Å². The van der Waals surface area contributed by atoms with Crippen LogP contribution >= 0.6 is 0 Å². The van der Waals surface area contributed by atoms with Crippen LogP contribution in [0.4, 0.5) is 13.2 Å². The molecule has 4 atom stereocenters. The summed E-state index contributed by atoms with van der Waals surface area (Å²) in [6, 6.07) is 1.41. The van der Waals surface area contributed by atoms with E-state index in [4.69, 9.17) is 0 Å². The number of aliphatic carboxylic acids is 1. The summed E-state index contributed by atoms with van der Waals surface area (Å²) in [5.74, 6) is -0.946. The van der Waals surface area contributed by atoms with Crippen molar-refractivity contribution in [2.45, 2.75) is 90.0 Å². The van der Waals surface area contributed by atoms with E-state index < -0.39 is 23.1 Å². The largest absolute Gasteiger partial charge is 0.481 e. The minimum Gasteiger partial charge on any atom is -0.481 e. The molecular formula is C25H34F3N3O3. The molecule has 1 aromatic rings. The molecule has 4 rings (SSSR count). The summed E-state index contributed by atoms with van der Waals surface area (Å²) in [6.45, 7) is 4.70. The van der Waals surface area contributed by atoms with Gasteiger partial charge in [-0.1, -0.05) is 20.3 Å². The molecule has 2 aliphatic carbocycles. The van der Waals surface area contributed by atoms with Crippen molar-refractivity contribution in [1.82, 2.24) is 15.2 Å². The minimum atomic E-state index is -4.46. The van der Waals surface area contributed by atoms with E-state index in [0.717, 1.165) is 37.9 Å². The van der Waals surface area contributed by atoms with E-state index in [0.29, 0.717) is 43.5 Å². The van der Waals surface area contributed by atoms with Gasteiger partial charge in [0.2, 0.25) is 5.91 Å². The summed E-state index contributed by atoms with van der Waals surface area (Å²) >= 11 is 0. The van der Waals surface area contributed by atoms with Crippen LogP contribution in [-0.2, 0) is 28.7 Å². The average Bonchev–Trinajstić information content (AvgIpc) is 3.22. The smallest absolute Gasteiger partial charge is 0.417 e. The summed E-state index contributed by atoms with van der Waals surface area (Å²) in [5.41, 5.74) is -0.239. The van der Waals surface area contributed by atoms with Crippen molar-refractivity contribution in [3.63, 3.8) is 0 Å². The van der Waals surface area contributed by atoms with E-state index >= 15 is 0 Å². The zero-order chi connectivity index (χ0) is 24.7. The first kappa shape index (κ1) is 24.9. The molecule has 3 aliphatic rings. The van der Waals surface area contributed by atoms with Crippen LogP contribution < -0.4 is 5.32 Å². The summed E-state index contributed by atoms with van der Waals surface area (Å²) in [4.78, 5) is 31.0. The first-order chi connectivity index (χ1) is 16.0.